The van der Waals surface area contributed by atoms with Gasteiger partial charge < -0.3 is 5.11 Å². The van der Waals surface area contributed by atoms with E-state index in [0.29, 0.717) is 23.8 Å². The van der Waals surface area contributed by atoms with Crippen LogP contribution < -0.4 is 5.32 Å². The van der Waals surface area contributed by atoms with E-state index in [9.17, 15) is 9.90 Å². The standard InChI is InChI=1S/C15H16BrNO2/c16-11-3-1-2-9(4-11)8-17-15(13(18)19)6-10-5-14(10)7-12(14)15/h1-4,10,12,17H,5-8H2,(H,18,19). The summed E-state index contributed by atoms with van der Waals surface area (Å²) in [7, 11) is 0. The first-order chi connectivity index (χ1) is 9.07. The topological polar surface area (TPSA) is 49.3 Å². The first kappa shape index (κ1) is 11.9. The van der Waals surface area contributed by atoms with Gasteiger partial charge in [-0.25, -0.2) is 0 Å². The summed E-state index contributed by atoms with van der Waals surface area (Å²) in [5.74, 6) is 0.384. The van der Waals surface area contributed by atoms with Gasteiger partial charge in [0.1, 0.15) is 5.54 Å². The fourth-order valence-corrected chi connectivity index (χ4v) is 4.73. The van der Waals surface area contributed by atoms with Gasteiger partial charge in [-0.1, -0.05) is 28.1 Å². The van der Waals surface area contributed by atoms with Crippen molar-refractivity contribution in [2.45, 2.75) is 31.3 Å². The van der Waals surface area contributed by atoms with Gasteiger partial charge in [-0.15, -0.1) is 0 Å². The molecule has 0 aliphatic heterocycles. The van der Waals surface area contributed by atoms with E-state index in [1.807, 2.05) is 24.3 Å². The monoisotopic (exact) mass is 321 g/mol. The van der Waals surface area contributed by atoms with Gasteiger partial charge in [-0.2, -0.15) is 0 Å². The molecule has 4 heteroatoms. The van der Waals surface area contributed by atoms with Gasteiger partial charge >= 0.3 is 5.97 Å². The lowest BCUT2D eigenvalue weighted by Gasteiger charge is -2.29. The number of aliphatic carboxylic acids is 1. The van der Waals surface area contributed by atoms with Crippen molar-refractivity contribution >= 4 is 21.9 Å². The average molecular weight is 322 g/mol. The first-order valence-corrected chi connectivity index (χ1v) is 7.59. The number of carbonyl (C=O) groups is 1. The predicted molar refractivity (Wildman–Crippen MR) is 74.6 cm³/mol. The highest BCUT2D eigenvalue weighted by Gasteiger charge is 2.83. The van der Waals surface area contributed by atoms with Crippen LogP contribution in [0.2, 0.25) is 0 Å². The predicted octanol–water partition coefficient (Wildman–Crippen LogP) is 2.79. The van der Waals surface area contributed by atoms with E-state index in [4.69, 9.17) is 0 Å². The maximum absolute atomic E-state index is 11.7. The summed E-state index contributed by atoms with van der Waals surface area (Å²) in [6.07, 6.45) is 3.21. The molecule has 2 N–H and O–H groups in total. The molecule has 0 bridgehead atoms. The minimum atomic E-state index is -0.661. The van der Waals surface area contributed by atoms with E-state index in [-0.39, 0.29) is 0 Å². The molecule has 3 saturated carbocycles. The lowest BCUT2D eigenvalue weighted by atomic mass is 9.90. The molecule has 0 amide bonds. The van der Waals surface area contributed by atoms with Crippen LogP contribution in [-0.4, -0.2) is 16.6 Å². The molecule has 1 aromatic rings. The number of carboxylic acid groups (broad SMARTS) is 1. The van der Waals surface area contributed by atoms with Crippen LogP contribution in [0.25, 0.3) is 0 Å². The summed E-state index contributed by atoms with van der Waals surface area (Å²) >= 11 is 3.45. The summed E-state index contributed by atoms with van der Waals surface area (Å²) in [6, 6.07) is 8.04. The molecule has 3 aliphatic carbocycles. The normalized spacial score (nSPS) is 41.5. The zero-order valence-electron chi connectivity index (χ0n) is 10.5. The summed E-state index contributed by atoms with van der Waals surface area (Å²) in [5.41, 5.74) is 0.902. The van der Waals surface area contributed by atoms with Gasteiger partial charge in [0.25, 0.3) is 0 Å². The Kier molecular flexibility index (Phi) is 2.26. The van der Waals surface area contributed by atoms with Crippen LogP contribution in [0.5, 0.6) is 0 Å². The van der Waals surface area contributed by atoms with Crippen molar-refractivity contribution in [3.05, 3.63) is 34.3 Å². The van der Waals surface area contributed by atoms with Gasteiger partial charge in [0.15, 0.2) is 0 Å². The second-order valence-electron chi connectivity index (χ2n) is 6.36. The Balaban J connectivity index is 1.53. The molecule has 100 valence electrons. The van der Waals surface area contributed by atoms with Gasteiger partial charge in [0.2, 0.25) is 0 Å². The molecule has 3 nitrogen and oxygen atoms in total. The van der Waals surface area contributed by atoms with E-state index in [0.717, 1.165) is 22.9 Å². The van der Waals surface area contributed by atoms with Crippen LogP contribution in [0.15, 0.2) is 28.7 Å². The third-order valence-corrected chi connectivity index (χ3v) is 5.93. The summed E-state index contributed by atoms with van der Waals surface area (Å²) in [6.45, 7) is 0.630. The zero-order chi connectivity index (χ0) is 13.3. The van der Waals surface area contributed by atoms with Gasteiger partial charge in [-0.05, 0) is 54.2 Å². The zero-order valence-corrected chi connectivity index (χ0v) is 12.1. The van der Waals surface area contributed by atoms with Gasteiger partial charge in [0, 0.05) is 11.0 Å². The number of carboxylic acids is 1. The largest absolute Gasteiger partial charge is 0.480 e. The second-order valence-corrected chi connectivity index (χ2v) is 7.27. The quantitative estimate of drug-likeness (QED) is 0.896. The SMILES string of the molecule is O=C(O)C1(NCc2cccc(Br)c2)CC2CC23CC13. The van der Waals surface area contributed by atoms with Crippen LogP contribution in [0.1, 0.15) is 24.8 Å². The maximum Gasteiger partial charge on any atom is 0.324 e. The van der Waals surface area contributed by atoms with E-state index in [2.05, 4.69) is 21.2 Å². The molecular weight excluding hydrogens is 306 g/mol. The lowest BCUT2D eigenvalue weighted by molar-refractivity contribution is -0.146. The smallest absolute Gasteiger partial charge is 0.324 e. The summed E-state index contributed by atoms with van der Waals surface area (Å²) < 4.78 is 1.04. The molecule has 4 rings (SSSR count). The molecule has 1 spiro atoms. The molecule has 0 saturated heterocycles. The van der Waals surface area contributed by atoms with Gasteiger partial charge in [-0.3, -0.25) is 10.1 Å². The summed E-state index contributed by atoms with van der Waals surface area (Å²) in [4.78, 5) is 11.7. The number of benzene rings is 1. The van der Waals surface area contributed by atoms with E-state index in [1.165, 1.54) is 6.42 Å². The van der Waals surface area contributed by atoms with Crippen molar-refractivity contribution in [2.75, 3.05) is 0 Å². The molecule has 1 aromatic carbocycles. The van der Waals surface area contributed by atoms with Crippen molar-refractivity contribution in [1.29, 1.82) is 0 Å². The minimum absolute atomic E-state index is 0.370. The van der Waals surface area contributed by atoms with Crippen molar-refractivity contribution in [3.63, 3.8) is 0 Å². The van der Waals surface area contributed by atoms with Crippen LogP contribution in [0, 0.1) is 17.3 Å². The molecule has 0 heterocycles. The molecule has 19 heavy (non-hydrogen) atoms. The average Bonchev–Trinajstić information content (AvgIpc) is 3.24. The number of hydrogen-bond donors (Lipinski definition) is 2. The van der Waals surface area contributed by atoms with E-state index >= 15 is 0 Å². The van der Waals surface area contributed by atoms with E-state index in [1.54, 1.807) is 0 Å². The Morgan fingerprint density at radius 1 is 1.42 bits per heavy atom. The lowest BCUT2D eigenvalue weighted by Crippen LogP contribution is -2.53. The number of hydrogen-bond acceptors (Lipinski definition) is 2. The number of rotatable bonds is 4. The molecule has 3 fully saturated rings. The highest BCUT2D eigenvalue weighted by atomic mass is 79.9. The maximum atomic E-state index is 11.7. The van der Waals surface area contributed by atoms with Crippen molar-refractivity contribution < 1.29 is 9.90 Å². The Bertz CT molecular complexity index is 575. The Morgan fingerprint density at radius 3 is 2.84 bits per heavy atom. The van der Waals surface area contributed by atoms with Crippen molar-refractivity contribution in [3.8, 4) is 0 Å². The molecule has 3 aliphatic rings. The number of nitrogens with one attached hydrogen (secondary N) is 1. The van der Waals surface area contributed by atoms with Crippen molar-refractivity contribution in [2.24, 2.45) is 17.3 Å². The summed E-state index contributed by atoms with van der Waals surface area (Å²) in [5, 5.41) is 13.0. The van der Waals surface area contributed by atoms with Crippen LogP contribution >= 0.6 is 15.9 Å². The minimum Gasteiger partial charge on any atom is -0.480 e. The molecule has 0 aromatic heterocycles. The fourth-order valence-electron chi connectivity index (χ4n) is 4.28. The first-order valence-electron chi connectivity index (χ1n) is 6.80. The molecular formula is C15H16BrNO2. The Morgan fingerprint density at radius 2 is 2.26 bits per heavy atom. The highest BCUT2D eigenvalue weighted by Crippen LogP contribution is 2.84. The molecule has 4 atom stereocenters. The van der Waals surface area contributed by atoms with Crippen LogP contribution in [0.4, 0.5) is 0 Å². The number of halogens is 1. The third-order valence-electron chi connectivity index (χ3n) is 5.44. The third kappa shape index (κ3) is 1.56. The van der Waals surface area contributed by atoms with Crippen molar-refractivity contribution in [1.82, 2.24) is 5.32 Å². The van der Waals surface area contributed by atoms with Crippen LogP contribution in [-0.2, 0) is 11.3 Å². The van der Waals surface area contributed by atoms with E-state index < -0.39 is 11.5 Å². The molecule has 4 unspecified atom stereocenters. The molecule has 0 radical (unpaired) electrons. The highest BCUT2D eigenvalue weighted by molar-refractivity contribution is 9.10. The Labute approximate surface area is 120 Å². The van der Waals surface area contributed by atoms with Gasteiger partial charge in [0.05, 0.1) is 0 Å². The fraction of sp³-hybridized carbons (Fsp3) is 0.533. The Hall–Kier alpha value is -0.870. The second kappa shape index (κ2) is 3.61. The van der Waals surface area contributed by atoms with Crippen LogP contribution in [0.3, 0.4) is 0 Å².